The van der Waals surface area contributed by atoms with Crippen LogP contribution >= 0.6 is 0 Å². The topological polar surface area (TPSA) is 158 Å². The Labute approximate surface area is 324 Å². The number of methoxy groups -OCH3 is 2. The first kappa shape index (κ1) is 42.8. The largest absolute Gasteiger partial charge is 2.00 e. The van der Waals surface area contributed by atoms with E-state index in [2.05, 4.69) is 33.8 Å². The molecule has 2 aromatic rings. The average Bonchev–Trinajstić information content (AvgIpc) is 3.73. The van der Waals surface area contributed by atoms with Crippen LogP contribution in [0.25, 0.3) is 12.2 Å². The van der Waals surface area contributed by atoms with Gasteiger partial charge < -0.3 is 28.9 Å². The molecule has 278 valence electrons. The number of ether oxygens (including phenoxy) is 4. The van der Waals surface area contributed by atoms with E-state index in [9.17, 15) is 19.2 Å². The van der Waals surface area contributed by atoms with Gasteiger partial charge in [0.1, 0.15) is 0 Å². The SMILES string of the molecule is CCC1=C(C)/C(=C/c2[n-]c(C)c(CC(=O)O[C@@H](C(=O)OC)[C@@H](OC(=O)Cc3c(C)[n-]c(/C=C4\N=C(C)C(CC)=C4C)c3C)C(=O)OC)c2C)N=C1C.[Zn+2]. The number of aliphatic imine (C=N–C) groups is 2. The second-order valence-corrected chi connectivity index (χ2v) is 13.0. The van der Waals surface area contributed by atoms with Gasteiger partial charge in [0.05, 0.1) is 38.5 Å². The number of carbonyl (C=O) groups is 4. The number of hydrogen-bond acceptors (Lipinski definition) is 10. The molecular formula is C40H48N4O8Zn. The summed E-state index contributed by atoms with van der Waals surface area (Å²) in [6.07, 6.45) is 1.10. The first-order valence-electron chi connectivity index (χ1n) is 17.3. The molecule has 0 aliphatic carbocycles. The predicted molar refractivity (Wildman–Crippen MR) is 198 cm³/mol. The molecule has 0 bridgehead atoms. The van der Waals surface area contributed by atoms with Gasteiger partial charge >= 0.3 is 43.4 Å². The molecule has 4 rings (SSSR count). The molecule has 0 spiro atoms. The number of nitrogens with zero attached hydrogens (tertiary/aromatic N) is 4. The minimum Gasteiger partial charge on any atom is -0.661 e. The van der Waals surface area contributed by atoms with E-state index in [1.807, 2.05) is 53.7 Å². The molecule has 0 radical (unpaired) electrons. The molecule has 53 heavy (non-hydrogen) atoms. The van der Waals surface area contributed by atoms with Crippen LogP contribution in [0.1, 0.15) is 99.4 Å². The summed E-state index contributed by atoms with van der Waals surface area (Å²) in [7, 11) is 2.13. The van der Waals surface area contributed by atoms with Crippen LogP contribution in [0, 0.1) is 27.7 Å². The number of hydrogen-bond donors (Lipinski definition) is 0. The van der Waals surface area contributed by atoms with Crippen molar-refractivity contribution in [3.8, 4) is 0 Å². The van der Waals surface area contributed by atoms with Crippen LogP contribution in [-0.2, 0) is 70.4 Å². The quantitative estimate of drug-likeness (QED) is 0.137. The van der Waals surface area contributed by atoms with Gasteiger partial charge in [-0.2, -0.15) is 11.4 Å². The fourth-order valence-corrected chi connectivity index (χ4v) is 6.77. The maximum Gasteiger partial charge on any atom is 2.00 e. The van der Waals surface area contributed by atoms with E-state index >= 15 is 0 Å². The molecule has 2 aliphatic rings. The van der Waals surface area contributed by atoms with Crippen molar-refractivity contribution >= 4 is 47.5 Å². The fraction of sp³-hybridized carbons (Fsp3) is 0.450. The van der Waals surface area contributed by atoms with Crippen molar-refractivity contribution in [2.75, 3.05) is 14.2 Å². The molecular weight excluding hydrogens is 730 g/mol. The zero-order valence-electron chi connectivity index (χ0n) is 32.9. The Balaban J connectivity index is 0.00000756. The summed E-state index contributed by atoms with van der Waals surface area (Å²) in [5.41, 5.74) is 13.3. The smallest absolute Gasteiger partial charge is 0.661 e. The van der Waals surface area contributed by atoms with Crippen LogP contribution in [0.4, 0.5) is 0 Å². The number of allylic oxidation sites excluding steroid dienone is 4. The van der Waals surface area contributed by atoms with Crippen LogP contribution in [0.2, 0.25) is 0 Å². The van der Waals surface area contributed by atoms with E-state index in [4.69, 9.17) is 18.9 Å². The van der Waals surface area contributed by atoms with Gasteiger partial charge in [0, 0.05) is 11.4 Å². The summed E-state index contributed by atoms with van der Waals surface area (Å²) in [4.78, 5) is 71.3. The summed E-state index contributed by atoms with van der Waals surface area (Å²) < 4.78 is 20.7. The number of aromatic nitrogens is 2. The third-order valence-electron chi connectivity index (χ3n) is 9.80. The van der Waals surface area contributed by atoms with Gasteiger partial charge in [-0.15, -0.1) is 11.4 Å². The molecule has 0 amide bonds. The molecule has 2 atom stereocenters. The molecule has 13 heteroatoms. The van der Waals surface area contributed by atoms with Gasteiger partial charge in [0.25, 0.3) is 0 Å². The first-order valence-corrected chi connectivity index (χ1v) is 17.3. The molecule has 0 fully saturated rings. The van der Waals surface area contributed by atoms with E-state index in [0.717, 1.165) is 72.2 Å². The number of aryl methyl sites for hydroxylation is 2. The van der Waals surface area contributed by atoms with E-state index in [1.54, 1.807) is 13.8 Å². The first-order chi connectivity index (χ1) is 24.6. The zero-order valence-corrected chi connectivity index (χ0v) is 35.9. The van der Waals surface area contributed by atoms with Crippen molar-refractivity contribution in [1.82, 2.24) is 9.97 Å². The molecule has 12 nitrogen and oxygen atoms in total. The molecule has 2 aromatic heterocycles. The van der Waals surface area contributed by atoms with Gasteiger partial charge in [-0.1, -0.05) is 62.1 Å². The van der Waals surface area contributed by atoms with E-state index < -0.39 is 36.1 Å². The van der Waals surface area contributed by atoms with Crippen molar-refractivity contribution in [2.45, 2.75) is 107 Å². The minimum absolute atomic E-state index is 0. The second-order valence-electron chi connectivity index (χ2n) is 13.0. The molecule has 0 saturated heterocycles. The van der Waals surface area contributed by atoms with Gasteiger partial charge in [-0.25, -0.2) is 9.59 Å². The van der Waals surface area contributed by atoms with Gasteiger partial charge in [-0.3, -0.25) is 19.6 Å². The summed E-state index contributed by atoms with van der Waals surface area (Å²) in [5.74, 6) is -3.92. The third kappa shape index (κ3) is 9.12. The maximum atomic E-state index is 13.4. The Morgan fingerprint density at radius 2 is 0.962 bits per heavy atom. The standard InChI is InChI=1S/C40H48N4O8.Zn/c1-13-27-19(3)31(41-23(27)7)17-33-21(5)29(25(9)43-33)15-35(45)51-37(39(47)49-11)38(40(48)50-12)52-36(46)16-30-22(6)34(44-26(30)10)18-32-20(4)28(14-2)24(8)42-32;/h17-18,37-38H,13-16H2,1-12H3;/q-2;+2/t37-,38-;/m1./s1. The third-order valence-corrected chi connectivity index (χ3v) is 9.80. The normalized spacial score (nSPS) is 16.8. The van der Waals surface area contributed by atoms with Gasteiger partial charge in [0.2, 0.25) is 12.2 Å². The summed E-state index contributed by atoms with van der Waals surface area (Å²) >= 11 is 0. The van der Waals surface area contributed by atoms with Crippen molar-refractivity contribution in [2.24, 2.45) is 9.98 Å². The van der Waals surface area contributed by atoms with E-state index in [0.29, 0.717) is 33.9 Å². The molecule has 0 N–H and O–H groups in total. The number of carbonyl (C=O) groups excluding carboxylic acids is 4. The van der Waals surface area contributed by atoms with Gasteiger partial charge in [-0.05, 0) is 76.7 Å². The van der Waals surface area contributed by atoms with Crippen LogP contribution in [0.15, 0.2) is 43.7 Å². The molecule has 0 aromatic carbocycles. The number of rotatable bonds is 13. The average molecular weight is 778 g/mol. The summed E-state index contributed by atoms with van der Waals surface area (Å²) in [6, 6.07) is 0. The maximum absolute atomic E-state index is 13.4. The van der Waals surface area contributed by atoms with E-state index in [1.165, 1.54) is 11.1 Å². The Morgan fingerprint density at radius 1 is 0.623 bits per heavy atom. The van der Waals surface area contributed by atoms with Crippen molar-refractivity contribution in [3.63, 3.8) is 0 Å². The molecule has 0 saturated carbocycles. The summed E-state index contributed by atoms with van der Waals surface area (Å²) in [5, 5.41) is 0. The van der Waals surface area contributed by atoms with Crippen molar-refractivity contribution in [1.29, 1.82) is 0 Å². The summed E-state index contributed by atoms with van der Waals surface area (Å²) in [6.45, 7) is 19.4. The zero-order chi connectivity index (χ0) is 38.6. The Morgan fingerprint density at radius 3 is 1.25 bits per heavy atom. The predicted octanol–water partition coefficient (Wildman–Crippen LogP) is 5.87. The Kier molecular flexibility index (Phi) is 14.5. The van der Waals surface area contributed by atoms with Crippen LogP contribution in [0.5, 0.6) is 0 Å². The Bertz CT molecular complexity index is 1860. The minimum atomic E-state index is -1.93. The Hall–Kier alpha value is -4.64. The fourth-order valence-electron chi connectivity index (χ4n) is 6.77. The van der Waals surface area contributed by atoms with Crippen LogP contribution < -0.4 is 9.97 Å². The van der Waals surface area contributed by atoms with Crippen molar-refractivity contribution < 1.29 is 57.6 Å². The molecule has 4 heterocycles. The second kappa shape index (κ2) is 17.9. The van der Waals surface area contributed by atoms with Crippen LogP contribution in [0.3, 0.4) is 0 Å². The van der Waals surface area contributed by atoms with Gasteiger partial charge in [0.15, 0.2) is 0 Å². The molecule has 0 unspecified atom stereocenters. The monoisotopic (exact) mass is 776 g/mol. The molecule has 2 aliphatic heterocycles. The van der Waals surface area contributed by atoms with Crippen LogP contribution in [-0.4, -0.2) is 61.7 Å². The van der Waals surface area contributed by atoms with Crippen molar-refractivity contribution in [3.05, 3.63) is 78.7 Å². The number of esters is 4. The van der Waals surface area contributed by atoms with E-state index in [-0.39, 0.29) is 32.3 Å².